The number of amides is 5. The Morgan fingerprint density at radius 3 is 2.45 bits per heavy atom. The van der Waals surface area contributed by atoms with Crippen LogP contribution in [0.5, 0.6) is 0 Å². The molecule has 0 radical (unpaired) electrons. The Bertz CT molecular complexity index is 2580. The lowest BCUT2D eigenvalue weighted by molar-refractivity contribution is -0.136. The van der Waals surface area contributed by atoms with Gasteiger partial charge >= 0.3 is 0 Å². The molecule has 2 aliphatic carbocycles. The van der Waals surface area contributed by atoms with Crippen molar-refractivity contribution in [2.24, 2.45) is 17.3 Å². The fourth-order valence-electron chi connectivity index (χ4n) is 12.0. The molecule has 4 saturated heterocycles. The van der Waals surface area contributed by atoms with Crippen molar-refractivity contribution in [2.45, 2.75) is 101 Å². The average molecular weight is 890 g/mol. The second kappa shape index (κ2) is 16.6. The van der Waals surface area contributed by atoms with Crippen LogP contribution in [-0.2, 0) is 14.3 Å². The molecule has 3 N–H and O–H groups in total. The zero-order valence-electron chi connectivity index (χ0n) is 36.1. The summed E-state index contributed by atoms with van der Waals surface area (Å²) in [7, 11) is 0. The molecule has 65 heavy (non-hydrogen) atoms. The third kappa shape index (κ3) is 7.73. The molecule has 5 aliphatic heterocycles. The van der Waals surface area contributed by atoms with Crippen molar-refractivity contribution < 1.29 is 37.5 Å². The van der Waals surface area contributed by atoms with E-state index in [2.05, 4.69) is 30.8 Å². The second-order valence-electron chi connectivity index (χ2n) is 19.5. The molecule has 7 aliphatic rings. The molecule has 5 amide bonds. The molecule has 17 heteroatoms. The number of aromatic nitrogens is 3. The van der Waals surface area contributed by atoms with E-state index >= 15 is 0 Å². The molecule has 11 rings (SSSR count). The number of alkyl halides is 2. The number of rotatable bonds is 11. The summed E-state index contributed by atoms with van der Waals surface area (Å²) in [6.07, 6.45) is 8.16. The number of likely N-dealkylation sites (tertiary alicyclic amines) is 1. The van der Waals surface area contributed by atoms with Crippen LogP contribution in [-0.4, -0.2) is 112 Å². The van der Waals surface area contributed by atoms with Crippen LogP contribution in [0.15, 0.2) is 54.7 Å². The number of nitrogens with one attached hydrogen (secondary N) is 3. The van der Waals surface area contributed by atoms with Gasteiger partial charge in [0.2, 0.25) is 11.8 Å². The number of benzene rings is 2. The van der Waals surface area contributed by atoms with Gasteiger partial charge in [-0.25, -0.2) is 13.8 Å². The molecule has 2 aromatic heterocycles. The highest BCUT2D eigenvalue weighted by atomic mass is 19.3. The number of para-hydroxylation sites is 1. The van der Waals surface area contributed by atoms with Crippen molar-refractivity contribution in [1.82, 2.24) is 29.9 Å². The molecule has 15 nitrogen and oxygen atoms in total. The van der Waals surface area contributed by atoms with Gasteiger partial charge in [-0.05, 0) is 125 Å². The molecule has 1 spiro atoms. The monoisotopic (exact) mass is 889 g/mol. The number of fused-ring (bicyclic) bond motifs is 4. The van der Waals surface area contributed by atoms with Crippen molar-refractivity contribution in [3.63, 3.8) is 0 Å². The Kier molecular flexibility index (Phi) is 10.7. The smallest absolute Gasteiger partial charge is 0.284 e. The maximum absolute atomic E-state index is 14.4. The van der Waals surface area contributed by atoms with Crippen molar-refractivity contribution >= 4 is 57.6 Å². The third-order valence-corrected chi connectivity index (χ3v) is 15.5. The first kappa shape index (κ1) is 41.9. The molecule has 340 valence electrons. The van der Waals surface area contributed by atoms with Crippen LogP contribution in [0.2, 0.25) is 0 Å². The summed E-state index contributed by atoms with van der Waals surface area (Å²) < 4.78 is 36.2. The number of nitrogens with zero attached hydrogens (tertiary/aromatic N) is 6. The van der Waals surface area contributed by atoms with Crippen LogP contribution >= 0.6 is 0 Å². The zero-order chi connectivity index (χ0) is 44.6. The maximum atomic E-state index is 14.4. The van der Waals surface area contributed by atoms with E-state index in [0.29, 0.717) is 52.7 Å². The van der Waals surface area contributed by atoms with Crippen LogP contribution in [0.3, 0.4) is 0 Å². The van der Waals surface area contributed by atoms with Crippen molar-refractivity contribution in [2.75, 3.05) is 54.9 Å². The number of morpholine rings is 1. The molecule has 6 fully saturated rings. The van der Waals surface area contributed by atoms with Gasteiger partial charge in [-0.3, -0.25) is 38.9 Å². The van der Waals surface area contributed by atoms with Crippen LogP contribution in [0.25, 0.3) is 10.9 Å². The molecular weight excluding hydrogens is 837 g/mol. The lowest BCUT2D eigenvalue weighted by atomic mass is 9.57. The predicted molar refractivity (Wildman–Crippen MR) is 236 cm³/mol. The zero-order valence-corrected chi connectivity index (χ0v) is 36.1. The standard InChI is InChI=1S/C48H53F2N9O6/c49-43(50)42-36(52-44(61)34-5-1-3-29-9-13-38(53-41(29)34)57-24-32-19-31(57)26-65-32)25-58(55-42)30-10-7-27(8-11-30)23-56-17-15-48(16-18-56)20-28(21-48)22-51-35-6-2-4-33-40(35)47(64)59(46(33)63)37-12-14-39(60)54-45(37)62/h1-6,9,13,25,27-28,30-32,37,43,51H,7-8,10-12,14-24,26H2,(H,52,61)(H,54,60,62)/t27?,30?,31-,32-,37?/m1/s1. The van der Waals surface area contributed by atoms with Crippen LogP contribution in [0, 0.1) is 17.3 Å². The normalized spacial score (nSPS) is 26.6. The van der Waals surface area contributed by atoms with E-state index < -0.39 is 47.7 Å². The highest BCUT2D eigenvalue weighted by molar-refractivity contribution is 6.25. The minimum Gasteiger partial charge on any atom is -0.384 e. The summed E-state index contributed by atoms with van der Waals surface area (Å²) >= 11 is 0. The van der Waals surface area contributed by atoms with E-state index in [-0.39, 0.29) is 42.3 Å². The Balaban J connectivity index is 0.651. The van der Waals surface area contributed by atoms with Crippen LogP contribution < -0.4 is 20.9 Å². The van der Waals surface area contributed by atoms with Gasteiger partial charge in [-0.2, -0.15) is 5.10 Å². The topological polar surface area (TPSA) is 171 Å². The summed E-state index contributed by atoms with van der Waals surface area (Å²) in [5, 5.41) is 13.6. The largest absolute Gasteiger partial charge is 0.384 e. The molecule has 7 heterocycles. The van der Waals surface area contributed by atoms with Gasteiger partial charge in [0.05, 0.1) is 52.7 Å². The summed E-state index contributed by atoms with van der Waals surface area (Å²) in [6, 6.07) is 13.7. The van der Waals surface area contributed by atoms with Gasteiger partial charge in [0.1, 0.15) is 11.9 Å². The molecule has 2 saturated carbocycles. The molecule has 1 unspecified atom stereocenters. The number of halogens is 2. The number of carbonyl (C=O) groups excluding carboxylic acids is 5. The summed E-state index contributed by atoms with van der Waals surface area (Å²) in [4.78, 5) is 75.4. The predicted octanol–water partition coefficient (Wildman–Crippen LogP) is 6.34. The quantitative estimate of drug-likeness (QED) is 0.144. The third-order valence-electron chi connectivity index (χ3n) is 15.5. The van der Waals surface area contributed by atoms with E-state index in [1.54, 1.807) is 41.2 Å². The number of piperidine rings is 2. The Morgan fingerprint density at radius 2 is 1.71 bits per heavy atom. The lowest BCUT2D eigenvalue weighted by Gasteiger charge is -2.53. The van der Waals surface area contributed by atoms with Gasteiger partial charge in [-0.15, -0.1) is 0 Å². The fourth-order valence-corrected chi connectivity index (χ4v) is 12.0. The van der Waals surface area contributed by atoms with Gasteiger partial charge in [0, 0.05) is 43.3 Å². The van der Waals surface area contributed by atoms with Crippen molar-refractivity contribution in [1.29, 1.82) is 0 Å². The first-order valence-corrected chi connectivity index (χ1v) is 23.3. The minimum absolute atomic E-state index is 0.0269. The van der Waals surface area contributed by atoms with Gasteiger partial charge in [0.15, 0.2) is 5.69 Å². The van der Waals surface area contributed by atoms with Gasteiger partial charge < -0.3 is 25.2 Å². The number of hydrogen-bond donors (Lipinski definition) is 3. The number of imide groups is 2. The molecule has 2 aromatic carbocycles. The van der Waals surface area contributed by atoms with Gasteiger partial charge in [0.25, 0.3) is 24.1 Å². The Hall–Kier alpha value is -5.81. The summed E-state index contributed by atoms with van der Waals surface area (Å²) in [5.41, 5.74) is 1.93. The van der Waals surface area contributed by atoms with E-state index in [1.807, 2.05) is 18.2 Å². The molecule has 4 aromatic rings. The maximum Gasteiger partial charge on any atom is 0.284 e. The minimum atomic E-state index is -2.85. The van der Waals surface area contributed by atoms with Crippen molar-refractivity contribution in [3.05, 3.63) is 77.1 Å². The van der Waals surface area contributed by atoms with E-state index in [4.69, 9.17) is 9.72 Å². The lowest BCUT2D eigenvalue weighted by Crippen LogP contribution is -2.54. The Labute approximate surface area is 374 Å². The first-order chi connectivity index (χ1) is 31.5. The number of anilines is 3. The number of pyridine rings is 1. The van der Waals surface area contributed by atoms with E-state index in [1.165, 1.54) is 0 Å². The first-order valence-electron chi connectivity index (χ1n) is 23.3. The Morgan fingerprint density at radius 1 is 0.908 bits per heavy atom. The average Bonchev–Trinajstić information content (AvgIpc) is 4.10. The fraction of sp³-hybridized carbons (Fsp3) is 0.521. The number of hydrogen-bond acceptors (Lipinski definition) is 11. The highest BCUT2D eigenvalue weighted by Gasteiger charge is 2.48. The molecule has 3 atom stereocenters. The van der Waals surface area contributed by atoms with Crippen LogP contribution in [0.1, 0.15) is 120 Å². The molecule has 2 bridgehead atoms. The number of ether oxygens (including phenoxy) is 1. The van der Waals surface area contributed by atoms with E-state index in [9.17, 15) is 32.8 Å². The summed E-state index contributed by atoms with van der Waals surface area (Å²) in [5.74, 6) is -0.783. The van der Waals surface area contributed by atoms with Crippen molar-refractivity contribution in [3.8, 4) is 0 Å². The van der Waals surface area contributed by atoms with Crippen LogP contribution in [0.4, 0.5) is 26.0 Å². The van der Waals surface area contributed by atoms with Gasteiger partial charge in [-0.1, -0.05) is 18.2 Å². The molecular formula is C48H53F2N9O6. The SMILES string of the molecule is O=C1CCC(N2C(=O)c3cccc(NCC4CC5(CCN(CC6CCC(n7cc(NC(=O)c8cccc9ccc(N%10C[C@H]%11C[C@@H]%10CO%11)nc89)c(C(F)F)n7)CC6)CC5)C4)c3C2=O)C(=O)N1. The van der Waals surface area contributed by atoms with E-state index in [0.717, 1.165) is 100 Å². The second-order valence-corrected chi connectivity index (χ2v) is 19.5. The number of carbonyl (C=O) groups is 5. The highest BCUT2D eigenvalue weighted by Crippen LogP contribution is 2.53. The summed E-state index contributed by atoms with van der Waals surface area (Å²) in [6.45, 7) is 5.21.